The lowest BCUT2D eigenvalue weighted by atomic mass is 9.69. The van der Waals surface area contributed by atoms with Crippen LogP contribution in [-0.4, -0.2) is 0 Å². The fraction of sp³-hybridized carbons (Fsp3) is 0.265. The Labute approximate surface area is 411 Å². The highest BCUT2D eigenvalue weighted by atomic mass is 15.1. The molecule has 344 valence electrons. The van der Waals surface area contributed by atoms with E-state index < -0.39 is 0 Å². The van der Waals surface area contributed by atoms with E-state index in [-0.39, 0.29) is 10.8 Å². The van der Waals surface area contributed by atoms with Crippen LogP contribution in [0, 0.1) is 0 Å². The van der Waals surface area contributed by atoms with Crippen LogP contribution in [-0.2, 0) is 10.8 Å². The molecule has 0 fully saturated rings. The minimum atomic E-state index is -0.0666. The van der Waals surface area contributed by atoms with Crippen LogP contribution in [0.5, 0.6) is 0 Å². The van der Waals surface area contributed by atoms with E-state index in [1.54, 1.807) is 0 Å². The van der Waals surface area contributed by atoms with Crippen molar-refractivity contribution >= 4 is 38.6 Å². The van der Waals surface area contributed by atoms with Crippen LogP contribution < -0.4 is 4.90 Å². The summed E-state index contributed by atoms with van der Waals surface area (Å²) in [5.74, 6) is 0. The smallest absolute Gasteiger partial charge is 0.0465 e. The molecule has 0 bridgehead atoms. The second-order valence-corrected chi connectivity index (χ2v) is 20.3. The van der Waals surface area contributed by atoms with Crippen molar-refractivity contribution < 1.29 is 0 Å². The third kappa shape index (κ3) is 7.70. The summed E-state index contributed by atoms with van der Waals surface area (Å²) in [6.45, 7) is 9.47. The number of fused-ring (bicyclic) bond motifs is 8. The zero-order chi connectivity index (χ0) is 47.0. The predicted molar refractivity (Wildman–Crippen MR) is 298 cm³/mol. The molecule has 0 unspecified atom stereocenters. The van der Waals surface area contributed by atoms with Gasteiger partial charge in [0.2, 0.25) is 0 Å². The summed E-state index contributed by atoms with van der Waals surface area (Å²) in [7, 11) is 0. The molecule has 1 nitrogen and oxygen atoms in total. The number of benzene rings is 9. The SMILES string of the molecule is CCCCC1(CCCC)c2cc(-c3ccc4c(c3)C(CCCC)(CCCC)c3cc(N(c5ccccc5)c5ccccc5)ccc3-4)ccc2-c2ccc(-c3c4ccccc4cc4ccccc34)cc21. The molecule has 11 rings (SSSR count). The largest absolute Gasteiger partial charge is 0.310 e. The molecule has 0 radical (unpaired) electrons. The van der Waals surface area contributed by atoms with Gasteiger partial charge < -0.3 is 4.90 Å². The maximum atomic E-state index is 2.65. The third-order valence-electron chi connectivity index (χ3n) is 16.2. The summed E-state index contributed by atoms with van der Waals surface area (Å²) in [4.78, 5) is 2.44. The topological polar surface area (TPSA) is 3.24 Å². The normalized spacial score (nSPS) is 13.9. The fourth-order valence-corrected chi connectivity index (χ4v) is 12.8. The van der Waals surface area contributed by atoms with Gasteiger partial charge >= 0.3 is 0 Å². The lowest BCUT2D eigenvalue weighted by Gasteiger charge is -2.34. The molecule has 1 heteroatoms. The van der Waals surface area contributed by atoms with E-state index in [0.29, 0.717) is 0 Å². The van der Waals surface area contributed by atoms with Crippen molar-refractivity contribution in [1.29, 1.82) is 0 Å². The molecule has 0 saturated carbocycles. The van der Waals surface area contributed by atoms with Crippen LogP contribution in [0.3, 0.4) is 0 Å². The number of nitrogens with zero attached hydrogens (tertiary/aromatic N) is 1. The van der Waals surface area contributed by atoms with Crippen molar-refractivity contribution in [2.24, 2.45) is 0 Å². The molecule has 2 aliphatic rings. The van der Waals surface area contributed by atoms with Gasteiger partial charge in [-0.2, -0.15) is 0 Å². The van der Waals surface area contributed by atoms with Crippen molar-refractivity contribution in [2.45, 2.75) is 116 Å². The summed E-state index contributed by atoms with van der Waals surface area (Å²) < 4.78 is 0. The Balaban J connectivity index is 1.05. The highest BCUT2D eigenvalue weighted by molar-refractivity contribution is 6.13. The van der Waals surface area contributed by atoms with Gasteiger partial charge in [-0.1, -0.05) is 206 Å². The van der Waals surface area contributed by atoms with E-state index in [0.717, 1.165) is 25.7 Å². The third-order valence-corrected chi connectivity index (χ3v) is 16.2. The standard InChI is InChI=1S/C68H67N/c1-5-9-39-67(40-10-6-2)62-44-48(31-35-58(62)60-37-33-52(46-64(60)67)66-56-29-21-19-23-50(56)43-51-24-20-22-30-57(51)66)49-32-36-59-61-38-34-55(69(53-25-15-13-16-26-53)54-27-17-14-18-28-54)47-65(61)68(41-11-7-3,42-12-8-4)63(59)45-49/h13-38,43-47H,5-12,39-42H2,1-4H3. The number of unbranched alkanes of at least 4 members (excludes halogenated alkanes) is 4. The molecule has 0 amide bonds. The number of hydrogen-bond donors (Lipinski definition) is 0. The summed E-state index contributed by atoms with van der Waals surface area (Å²) in [5.41, 5.74) is 20.6. The van der Waals surface area contributed by atoms with Crippen LogP contribution in [0.15, 0.2) is 188 Å². The Morgan fingerprint density at radius 1 is 0.319 bits per heavy atom. The van der Waals surface area contributed by atoms with Gasteiger partial charge in [0, 0.05) is 27.9 Å². The maximum Gasteiger partial charge on any atom is 0.0465 e. The van der Waals surface area contributed by atoms with Gasteiger partial charge in [0.05, 0.1) is 0 Å². The van der Waals surface area contributed by atoms with Crippen LogP contribution in [0.4, 0.5) is 17.1 Å². The molecule has 0 atom stereocenters. The first-order valence-electron chi connectivity index (χ1n) is 26.4. The van der Waals surface area contributed by atoms with E-state index in [1.165, 1.54) is 157 Å². The van der Waals surface area contributed by atoms with Gasteiger partial charge in [-0.15, -0.1) is 0 Å². The Morgan fingerprint density at radius 3 is 1.12 bits per heavy atom. The summed E-state index contributed by atoms with van der Waals surface area (Å²) >= 11 is 0. The van der Waals surface area contributed by atoms with Gasteiger partial charge in [0.15, 0.2) is 0 Å². The maximum absolute atomic E-state index is 2.65. The summed E-state index contributed by atoms with van der Waals surface area (Å²) in [5, 5.41) is 5.26. The Morgan fingerprint density at radius 2 is 0.681 bits per heavy atom. The minimum Gasteiger partial charge on any atom is -0.310 e. The van der Waals surface area contributed by atoms with Gasteiger partial charge in [0.1, 0.15) is 0 Å². The van der Waals surface area contributed by atoms with Crippen LogP contribution >= 0.6 is 0 Å². The number of para-hydroxylation sites is 2. The Hall–Kier alpha value is -6.70. The first kappa shape index (κ1) is 44.8. The molecule has 9 aromatic rings. The highest BCUT2D eigenvalue weighted by Gasteiger charge is 2.45. The van der Waals surface area contributed by atoms with Crippen molar-refractivity contribution in [2.75, 3.05) is 4.90 Å². The lowest BCUT2D eigenvalue weighted by molar-refractivity contribution is 0.414. The molecule has 0 spiro atoms. The van der Waals surface area contributed by atoms with E-state index in [2.05, 4.69) is 221 Å². The second kappa shape index (κ2) is 19.0. The fourth-order valence-electron chi connectivity index (χ4n) is 12.8. The van der Waals surface area contributed by atoms with E-state index >= 15 is 0 Å². The van der Waals surface area contributed by atoms with Gasteiger partial charge in [-0.25, -0.2) is 0 Å². The van der Waals surface area contributed by atoms with E-state index in [1.807, 2.05) is 0 Å². The molecular weight excluding hydrogens is 831 g/mol. The van der Waals surface area contributed by atoms with Gasteiger partial charge in [-0.3, -0.25) is 0 Å². The van der Waals surface area contributed by atoms with Gasteiger partial charge in [0.25, 0.3) is 0 Å². The highest BCUT2D eigenvalue weighted by Crippen LogP contribution is 2.59. The van der Waals surface area contributed by atoms with Crippen molar-refractivity contribution in [1.82, 2.24) is 0 Å². The molecular formula is C68H67N. The van der Waals surface area contributed by atoms with Crippen molar-refractivity contribution in [3.05, 3.63) is 210 Å². The predicted octanol–water partition coefficient (Wildman–Crippen LogP) is 20.1. The zero-order valence-corrected chi connectivity index (χ0v) is 41.3. The quantitative estimate of drug-likeness (QED) is 0.0823. The molecule has 9 aromatic carbocycles. The average molecular weight is 898 g/mol. The van der Waals surface area contributed by atoms with Crippen molar-refractivity contribution in [3.63, 3.8) is 0 Å². The number of hydrogen-bond acceptors (Lipinski definition) is 1. The zero-order valence-electron chi connectivity index (χ0n) is 41.3. The number of anilines is 3. The average Bonchev–Trinajstić information content (AvgIpc) is 3.83. The molecule has 0 saturated heterocycles. The summed E-state index contributed by atoms with van der Waals surface area (Å²) in [6, 6.07) is 72.2. The Bertz CT molecular complexity index is 3170. The minimum absolute atomic E-state index is 0.0537. The number of rotatable bonds is 17. The first-order chi connectivity index (χ1) is 34.0. The van der Waals surface area contributed by atoms with Crippen LogP contribution in [0.1, 0.15) is 127 Å². The van der Waals surface area contributed by atoms with E-state index in [9.17, 15) is 0 Å². The lowest BCUT2D eigenvalue weighted by Crippen LogP contribution is -2.26. The second-order valence-electron chi connectivity index (χ2n) is 20.3. The Kier molecular flexibility index (Phi) is 12.3. The summed E-state index contributed by atoms with van der Waals surface area (Å²) in [6.07, 6.45) is 14.2. The molecule has 69 heavy (non-hydrogen) atoms. The molecule has 0 N–H and O–H groups in total. The monoisotopic (exact) mass is 898 g/mol. The molecule has 0 aliphatic heterocycles. The first-order valence-corrected chi connectivity index (χ1v) is 26.4. The molecule has 2 aliphatic carbocycles. The van der Waals surface area contributed by atoms with Crippen molar-refractivity contribution in [3.8, 4) is 44.5 Å². The van der Waals surface area contributed by atoms with Crippen LogP contribution in [0.2, 0.25) is 0 Å². The molecule has 0 heterocycles. The van der Waals surface area contributed by atoms with Crippen LogP contribution in [0.25, 0.3) is 66.1 Å². The molecule has 0 aromatic heterocycles. The van der Waals surface area contributed by atoms with Gasteiger partial charge in [-0.05, 0) is 175 Å². The van der Waals surface area contributed by atoms with E-state index in [4.69, 9.17) is 0 Å².